The van der Waals surface area contributed by atoms with Crippen molar-refractivity contribution in [1.29, 1.82) is 0 Å². The van der Waals surface area contributed by atoms with Crippen LogP contribution in [0.25, 0.3) is 0 Å². The average Bonchev–Trinajstić information content (AvgIpc) is 2.64. The lowest BCUT2D eigenvalue weighted by Gasteiger charge is -2.21. The number of alkyl carbamates (subject to hydrolysis) is 1. The quantitative estimate of drug-likeness (QED) is 0.713. The molecule has 0 radical (unpaired) electrons. The molecular weight excluding hydrogens is 329 g/mol. The van der Waals surface area contributed by atoms with Crippen molar-refractivity contribution in [2.45, 2.75) is 18.8 Å². The first kappa shape index (κ1) is 18.7. The highest BCUT2D eigenvalue weighted by atomic mass is 19.1. The molecule has 2 unspecified atom stereocenters. The van der Waals surface area contributed by atoms with E-state index in [1.165, 1.54) is 19.2 Å². The number of aliphatic hydroxyl groups excluding tert-OH is 2. The number of carbonyl (C=O) groups excluding carboxylic acids is 1. The van der Waals surface area contributed by atoms with Crippen LogP contribution in [0.1, 0.15) is 17.2 Å². The summed E-state index contributed by atoms with van der Waals surface area (Å²) in [7, 11) is 1.33. The molecule has 0 aliphatic rings. The standard InChI is InChI=1S/C18H20FNO5/c1-24-15-9-5-8-13(19)16(15)17(22)14(21)10-20-18(23)25-11-12-6-3-2-4-7-12/h2-9,14,17,21-22H,10-11H2,1H3,(H,20,23). The van der Waals surface area contributed by atoms with E-state index >= 15 is 0 Å². The van der Waals surface area contributed by atoms with Gasteiger partial charge in [0.15, 0.2) is 0 Å². The number of methoxy groups -OCH3 is 1. The highest BCUT2D eigenvalue weighted by Crippen LogP contribution is 2.29. The minimum absolute atomic E-state index is 0.0759. The fourth-order valence-corrected chi connectivity index (χ4v) is 2.25. The van der Waals surface area contributed by atoms with Crippen LogP contribution in [-0.2, 0) is 11.3 Å². The monoisotopic (exact) mass is 349 g/mol. The third kappa shape index (κ3) is 5.17. The number of benzene rings is 2. The molecule has 0 aliphatic carbocycles. The molecule has 6 nitrogen and oxygen atoms in total. The second-order valence-electron chi connectivity index (χ2n) is 5.31. The first-order chi connectivity index (χ1) is 12.0. The molecular formula is C18H20FNO5. The zero-order valence-electron chi connectivity index (χ0n) is 13.7. The third-order valence-electron chi connectivity index (χ3n) is 3.56. The molecule has 2 atom stereocenters. The largest absolute Gasteiger partial charge is 0.496 e. The Kier molecular flexibility index (Phi) is 6.73. The molecule has 0 bridgehead atoms. The van der Waals surface area contributed by atoms with Crippen LogP contribution in [0.3, 0.4) is 0 Å². The SMILES string of the molecule is COc1cccc(F)c1C(O)C(O)CNC(=O)OCc1ccccc1. The molecule has 0 fully saturated rings. The molecule has 0 saturated heterocycles. The second-order valence-corrected chi connectivity index (χ2v) is 5.31. The Bertz CT molecular complexity index is 695. The number of nitrogens with one attached hydrogen (secondary N) is 1. The van der Waals surface area contributed by atoms with E-state index in [0.29, 0.717) is 0 Å². The van der Waals surface area contributed by atoms with Gasteiger partial charge in [-0.3, -0.25) is 0 Å². The minimum Gasteiger partial charge on any atom is -0.496 e. The second kappa shape index (κ2) is 9.00. The van der Waals surface area contributed by atoms with Crippen LogP contribution in [-0.4, -0.2) is 36.1 Å². The van der Waals surface area contributed by atoms with E-state index in [9.17, 15) is 19.4 Å². The highest BCUT2D eigenvalue weighted by molar-refractivity contribution is 5.67. The zero-order valence-corrected chi connectivity index (χ0v) is 13.7. The molecule has 0 aromatic heterocycles. The number of aliphatic hydroxyl groups is 2. The van der Waals surface area contributed by atoms with Crippen LogP contribution in [0.4, 0.5) is 9.18 Å². The van der Waals surface area contributed by atoms with Crippen molar-refractivity contribution in [2.75, 3.05) is 13.7 Å². The highest BCUT2D eigenvalue weighted by Gasteiger charge is 2.25. The van der Waals surface area contributed by atoms with Crippen LogP contribution in [0.2, 0.25) is 0 Å². The van der Waals surface area contributed by atoms with Gasteiger partial charge in [0.2, 0.25) is 0 Å². The molecule has 0 saturated carbocycles. The molecule has 2 aromatic rings. The van der Waals surface area contributed by atoms with Gasteiger partial charge in [-0.05, 0) is 17.7 Å². The van der Waals surface area contributed by atoms with E-state index in [1.54, 1.807) is 12.1 Å². The summed E-state index contributed by atoms with van der Waals surface area (Å²) in [6.07, 6.45) is -3.75. The summed E-state index contributed by atoms with van der Waals surface area (Å²) >= 11 is 0. The van der Waals surface area contributed by atoms with Crippen molar-refractivity contribution in [1.82, 2.24) is 5.32 Å². The van der Waals surface area contributed by atoms with Gasteiger partial charge in [0.05, 0.1) is 12.7 Å². The topological polar surface area (TPSA) is 88.0 Å². The van der Waals surface area contributed by atoms with Crippen molar-refractivity contribution < 1.29 is 28.9 Å². The maximum absolute atomic E-state index is 13.9. The fourth-order valence-electron chi connectivity index (χ4n) is 2.25. The molecule has 134 valence electrons. The van der Waals surface area contributed by atoms with Crippen molar-refractivity contribution in [3.8, 4) is 5.75 Å². The van der Waals surface area contributed by atoms with Gasteiger partial charge in [0.25, 0.3) is 0 Å². The molecule has 25 heavy (non-hydrogen) atoms. The van der Waals surface area contributed by atoms with Crippen molar-refractivity contribution >= 4 is 6.09 Å². The van der Waals surface area contributed by atoms with Crippen molar-refractivity contribution in [3.05, 3.63) is 65.5 Å². The Morgan fingerprint density at radius 2 is 1.88 bits per heavy atom. The summed E-state index contributed by atoms with van der Waals surface area (Å²) in [5.74, 6) is -0.601. The Hall–Kier alpha value is -2.64. The number of ether oxygens (including phenoxy) is 2. The van der Waals surface area contributed by atoms with E-state index in [0.717, 1.165) is 11.6 Å². The summed E-state index contributed by atoms with van der Waals surface area (Å²) < 4.78 is 23.9. The molecule has 0 heterocycles. The van der Waals surface area contributed by atoms with Crippen molar-refractivity contribution in [2.24, 2.45) is 0 Å². The van der Waals surface area contributed by atoms with Crippen LogP contribution < -0.4 is 10.1 Å². The smallest absolute Gasteiger partial charge is 0.407 e. The molecule has 0 spiro atoms. The van der Waals surface area contributed by atoms with E-state index < -0.39 is 24.1 Å². The normalized spacial score (nSPS) is 13.0. The Morgan fingerprint density at radius 3 is 2.56 bits per heavy atom. The van der Waals surface area contributed by atoms with Crippen LogP contribution in [0.15, 0.2) is 48.5 Å². The number of hydrogen-bond donors (Lipinski definition) is 3. The summed E-state index contributed by atoms with van der Waals surface area (Å²) in [5, 5.41) is 22.5. The summed E-state index contributed by atoms with van der Waals surface area (Å²) in [5.41, 5.74) is 0.645. The van der Waals surface area contributed by atoms with E-state index in [4.69, 9.17) is 9.47 Å². The van der Waals surface area contributed by atoms with Crippen LogP contribution >= 0.6 is 0 Å². The lowest BCUT2D eigenvalue weighted by Crippen LogP contribution is -2.36. The van der Waals surface area contributed by atoms with Gasteiger partial charge in [-0.25, -0.2) is 9.18 Å². The first-order valence-corrected chi connectivity index (χ1v) is 7.66. The predicted octanol–water partition coefficient (Wildman–Crippen LogP) is 2.16. The van der Waals surface area contributed by atoms with E-state index in [2.05, 4.69) is 5.32 Å². The van der Waals surface area contributed by atoms with Crippen molar-refractivity contribution in [3.63, 3.8) is 0 Å². The summed E-state index contributed by atoms with van der Waals surface area (Å²) in [4.78, 5) is 11.6. The fraction of sp³-hybridized carbons (Fsp3) is 0.278. The molecule has 2 rings (SSSR count). The number of rotatable bonds is 7. The van der Waals surface area contributed by atoms with Gasteiger partial charge in [0, 0.05) is 6.54 Å². The van der Waals surface area contributed by atoms with E-state index in [1.807, 2.05) is 18.2 Å². The van der Waals surface area contributed by atoms with Crippen LogP contribution in [0, 0.1) is 5.82 Å². The Morgan fingerprint density at radius 1 is 1.16 bits per heavy atom. The Labute approximate surface area is 144 Å². The van der Waals surface area contributed by atoms with Crippen LogP contribution in [0.5, 0.6) is 5.75 Å². The van der Waals surface area contributed by atoms with Gasteiger partial charge in [-0.15, -0.1) is 0 Å². The molecule has 3 N–H and O–H groups in total. The lowest BCUT2D eigenvalue weighted by molar-refractivity contribution is 0.0150. The maximum Gasteiger partial charge on any atom is 0.407 e. The van der Waals surface area contributed by atoms with E-state index in [-0.39, 0.29) is 24.5 Å². The molecule has 7 heteroatoms. The first-order valence-electron chi connectivity index (χ1n) is 7.66. The third-order valence-corrected chi connectivity index (χ3v) is 3.56. The minimum atomic E-state index is -1.56. The number of carbonyl (C=O) groups is 1. The molecule has 0 aliphatic heterocycles. The van der Waals surface area contributed by atoms with Gasteiger partial charge in [-0.2, -0.15) is 0 Å². The van der Waals surface area contributed by atoms with Gasteiger partial charge in [0.1, 0.15) is 30.4 Å². The maximum atomic E-state index is 13.9. The summed E-state index contributed by atoms with van der Waals surface area (Å²) in [6, 6.07) is 13.1. The number of amides is 1. The lowest BCUT2D eigenvalue weighted by atomic mass is 10.0. The Balaban J connectivity index is 1.87. The summed E-state index contributed by atoms with van der Waals surface area (Å²) in [6.45, 7) is -0.237. The van der Waals surface area contributed by atoms with Gasteiger partial charge >= 0.3 is 6.09 Å². The van der Waals surface area contributed by atoms with Gasteiger partial charge < -0.3 is 25.0 Å². The number of hydrogen-bond acceptors (Lipinski definition) is 5. The average molecular weight is 349 g/mol. The zero-order chi connectivity index (χ0) is 18.2. The van der Waals surface area contributed by atoms with Gasteiger partial charge in [-0.1, -0.05) is 36.4 Å². The predicted molar refractivity (Wildman–Crippen MR) is 88.5 cm³/mol. The number of halogens is 1. The molecule has 1 amide bonds. The molecule has 2 aromatic carbocycles.